The number of non-ortho nitro benzene ring substituents is 1. The molecule has 7 nitrogen and oxygen atoms in total. The number of anilines is 2. The number of piperidine rings is 1. The van der Waals surface area contributed by atoms with Crippen LogP contribution >= 0.6 is 0 Å². The second-order valence-electron chi connectivity index (χ2n) is 7.98. The number of nitrogens with one attached hydrogen (secondary N) is 1. The molecule has 1 aliphatic heterocycles. The van der Waals surface area contributed by atoms with Crippen LogP contribution in [0.3, 0.4) is 0 Å². The molecule has 1 N–H and O–H groups in total. The Balaban J connectivity index is 1.93. The smallest absolute Gasteiger partial charge is 0.270 e. The maximum absolute atomic E-state index is 13.2. The van der Waals surface area contributed by atoms with Crippen LogP contribution in [0.15, 0.2) is 42.5 Å². The fraction of sp³-hybridized carbons (Fsp3) is 0.409. The highest BCUT2D eigenvalue weighted by Crippen LogP contribution is 2.30. The second kappa shape index (κ2) is 9.05. The number of benzene rings is 2. The van der Waals surface area contributed by atoms with Gasteiger partial charge in [-0.1, -0.05) is 25.1 Å². The van der Waals surface area contributed by atoms with Gasteiger partial charge in [0.15, 0.2) is 0 Å². The predicted octanol–water partition coefficient (Wildman–Crippen LogP) is 4.15. The Labute approximate surface area is 171 Å². The summed E-state index contributed by atoms with van der Waals surface area (Å²) in [5, 5.41) is 14.3. The largest absolute Gasteiger partial charge is 0.371 e. The molecule has 3 rings (SSSR count). The molecule has 1 amide bonds. The first-order valence-electron chi connectivity index (χ1n) is 9.92. The number of nitro groups is 1. The normalized spacial score (nSPS) is 14.8. The van der Waals surface area contributed by atoms with E-state index < -0.39 is 4.92 Å². The predicted molar refractivity (Wildman–Crippen MR) is 115 cm³/mol. The SMILES string of the molecule is CC1CCN(c2ccc([N+](=O)[O-])cc2C(=O)Nc2ccccc2CN(C)C)CC1. The monoisotopic (exact) mass is 396 g/mol. The molecule has 0 spiro atoms. The molecule has 1 saturated heterocycles. The van der Waals surface area contributed by atoms with E-state index in [-0.39, 0.29) is 11.6 Å². The first-order valence-corrected chi connectivity index (χ1v) is 9.92. The molecule has 0 bridgehead atoms. The third kappa shape index (κ3) is 5.12. The van der Waals surface area contributed by atoms with Gasteiger partial charge in [0.25, 0.3) is 11.6 Å². The van der Waals surface area contributed by atoms with Gasteiger partial charge in [0.2, 0.25) is 0 Å². The van der Waals surface area contributed by atoms with E-state index in [4.69, 9.17) is 0 Å². The van der Waals surface area contributed by atoms with Gasteiger partial charge < -0.3 is 15.1 Å². The molecule has 2 aromatic rings. The van der Waals surface area contributed by atoms with Gasteiger partial charge in [0.1, 0.15) is 0 Å². The van der Waals surface area contributed by atoms with Crippen molar-refractivity contribution in [1.82, 2.24) is 4.90 Å². The van der Waals surface area contributed by atoms with Crippen LogP contribution in [-0.2, 0) is 6.54 Å². The van der Waals surface area contributed by atoms with Gasteiger partial charge in [0.05, 0.1) is 16.2 Å². The number of carbonyl (C=O) groups is 1. The fourth-order valence-electron chi connectivity index (χ4n) is 3.66. The fourth-order valence-corrected chi connectivity index (χ4v) is 3.66. The number of amides is 1. The van der Waals surface area contributed by atoms with E-state index in [1.165, 1.54) is 12.1 Å². The van der Waals surface area contributed by atoms with Crippen molar-refractivity contribution in [2.75, 3.05) is 37.4 Å². The molecule has 2 aromatic carbocycles. The van der Waals surface area contributed by atoms with Crippen molar-refractivity contribution in [3.63, 3.8) is 0 Å². The second-order valence-corrected chi connectivity index (χ2v) is 7.98. The number of hydrogen-bond donors (Lipinski definition) is 1. The van der Waals surface area contributed by atoms with Gasteiger partial charge in [-0.25, -0.2) is 0 Å². The lowest BCUT2D eigenvalue weighted by Crippen LogP contribution is -2.34. The summed E-state index contributed by atoms with van der Waals surface area (Å²) in [7, 11) is 3.93. The average molecular weight is 396 g/mol. The summed E-state index contributed by atoms with van der Waals surface area (Å²) in [6.07, 6.45) is 2.09. The third-order valence-corrected chi connectivity index (χ3v) is 5.31. The van der Waals surface area contributed by atoms with Gasteiger partial charge >= 0.3 is 0 Å². The highest BCUT2D eigenvalue weighted by Gasteiger charge is 2.24. The molecular weight excluding hydrogens is 368 g/mol. The van der Waals surface area contributed by atoms with E-state index in [0.717, 1.165) is 42.9 Å². The zero-order chi connectivity index (χ0) is 21.0. The molecule has 29 heavy (non-hydrogen) atoms. The van der Waals surface area contributed by atoms with Crippen LogP contribution in [0.4, 0.5) is 17.1 Å². The van der Waals surface area contributed by atoms with E-state index in [1.807, 2.05) is 43.3 Å². The minimum atomic E-state index is -0.459. The van der Waals surface area contributed by atoms with Crippen molar-refractivity contribution >= 4 is 23.0 Å². The van der Waals surface area contributed by atoms with E-state index in [1.54, 1.807) is 6.07 Å². The summed E-state index contributed by atoms with van der Waals surface area (Å²) in [5.41, 5.74) is 2.73. The highest BCUT2D eigenvalue weighted by molar-refractivity contribution is 6.09. The van der Waals surface area contributed by atoms with E-state index in [9.17, 15) is 14.9 Å². The molecular formula is C22H28N4O3. The summed E-state index contributed by atoms with van der Waals surface area (Å²) >= 11 is 0. The van der Waals surface area contributed by atoms with Crippen LogP contribution in [0, 0.1) is 16.0 Å². The molecule has 0 unspecified atom stereocenters. The van der Waals surface area contributed by atoms with Crippen molar-refractivity contribution in [2.24, 2.45) is 5.92 Å². The molecule has 0 aromatic heterocycles. The minimum absolute atomic E-state index is 0.0779. The molecule has 0 radical (unpaired) electrons. The van der Waals surface area contributed by atoms with Crippen LogP contribution in [0.1, 0.15) is 35.7 Å². The molecule has 7 heteroatoms. The van der Waals surface area contributed by atoms with Crippen LogP contribution in [0.2, 0.25) is 0 Å². The van der Waals surface area contributed by atoms with E-state index >= 15 is 0 Å². The Morgan fingerprint density at radius 1 is 1.21 bits per heavy atom. The summed E-state index contributed by atoms with van der Waals surface area (Å²) in [5.74, 6) is 0.327. The van der Waals surface area contributed by atoms with Crippen LogP contribution in [0.5, 0.6) is 0 Å². The average Bonchev–Trinajstić information content (AvgIpc) is 2.69. The lowest BCUT2D eigenvalue weighted by atomic mass is 9.97. The number of rotatable bonds is 6. The minimum Gasteiger partial charge on any atom is -0.371 e. The lowest BCUT2D eigenvalue weighted by Gasteiger charge is -2.33. The number of nitro benzene ring substituents is 1. The zero-order valence-electron chi connectivity index (χ0n) is 17.2. The Morgan fingerprint density at radius 3 is 2.55 bits per heavy atom. The van der Waals surface area contributed by atoms with Crippen LogP contribution in [-0.4, -0.2) is 42.9 Å². The van der Waals surface area contributed by atoms with Crippen molar-refractivity contribution < 1.29 is 9.72 Å². The molecule has 1 heterocycles. The van der Waals surface area contributed by atoms with Gasteiger partial charge in [-0.3, -0.25) is 14.9 Å². The van der Waals surface area contributed by atoms with Crippen molar-refractivity contribution in [2.45, 2.75) is 26.3 Å². The quantitative estimate of drug-likeness (QED) is 0.586. The van der Waals surface area contributed by atoms with Gasteiger partial charge in [-0.05, 0) is 50.6 Å². The van der Waals surface area contributed by atoms with Crippen LogP contribution in [0.25, 0.3) is 0 Å². The molecule has 1 aliphatic rings. The Hall–Kier alpha value is -2.93. The summed E-state index contributed by atoms with van der Waals surface area (Å²) in [6, 6.07) is 12.2. The zero-order valence-corrected chi connectivity index (χ0v) is 17.2. The maximum atomic E-state index is 13.2. The number of para-hydroxylation sites is 1. The van der Waals surface area contributed by atoms with Gasteiger partial charge in [-0.2, -0.15) is 0 Å². The molecule has 0 saturated carbocycles. The first-order chi connectivity index (χ1) is 13.8. The summed E-state index contributed by atoms with van der Waals surface area (Å²) in [6.45, 7) is 4.59. The lowest BCUT2D eigenvalue weighted by molar-refractivity contribution is -0.384. The highest BCUT2D eigenvalue weighted by atomic mass is 16.6. The van der Waals surface area contributed by atoms with Gasteiger partial charge in [-0.15, -0.1) is 0 Å². The molecule has 154 valence electrons. The first kappa shape index (κ1) is 20.8. The molecule has 0 atom stereocenters. The van der Waals surface area contributed by atoms with Crippen molar-refractivity contribution in [1.29, 1.82) is 0 Å². The van der Waals surface area contributed by atoms with E-state index in [0.29, 0.717) is 18.0 Å². The molecule has 1 fully saturated rings. The van der Waals surface area contributed by atoms with Crippen molar-refractivity contribution in [3.05, 3.63) is 63.7 Å². The standard InChI is InChI=1S/C22H28N4O3/c1-16-10-12-25(13-11-16)21-9-8-18(26(28)29)14-19(21)22(27)23-20-7-5-4-6-17(20)15-24(2)3/h4-9,14,16H,10-13,15H2,1-3H3,(H,23,27). The number of carbonyl (C=O) groups excluding carboxylic acids is 1. The summed E-state index contributed by atoms with van der Waals surface area (Å²) < 4.78 is 0. The maximum Gasteiger partial charge on any atom is 0.270 e. The Morgan fingerprint density at radius 2 is 1.90 bits per heavy atom. The Bertz CT molecular complexity index is 889. The third-order valence-electron chi connectivity index (χ3n) is 5.31. The summed E-state index contributed by atoms with van der Waals surface area (Å²) in [4.78, 5) is 28.2. The van der Waals surface area contributed by atoms with Gasteiger partial charge in [0, 0.05) is 37.5 Å². The Kier molecular flexibility index (Phi) is 6.49. The topological polar surface area (TPSA) is 78.7 Å². The molecule has 0 aliphatic carbocycles. The number of nitrogens with zero attached hydrogens (tertiary/aromatic N) is 3. The number of hydrogen-bond acceptors (Lipinski definition) is 5. The van der Waals surface area contributed by atoms with Crippen LogP contribution < -0.4 is 10.2 Å². The van der Waals surface area contributed by atoms with E-state index in [2.05, 4.69) is 17.1 Å². The van der Waals surface area contributed by atoms with Crippen molar-refractivity contribution in [3.8, 4) is 0 Å².